The number of nitrogen functional groups attached to an aromatic ring is 1. The number of nitrogens with two attached hydrogens (primary N) is 1. The predicted octanol–water partition coefficient (Wildman–Crippen LogP) is 3.71. The van der Waals surface area contributed by atoms with Gasteiger partial charge in [0.1, 0.15) is 0 Å². The molecule has 0 saturated heterocycles. The SMILES string of the molecule is CC1CCCC(CCn2c(N)nc3ccc(C#N)cc32)C1. The maximum absolute atomic E-state index is 9.05. The molecule has 21 heavy (non-hydrogen) atoms. The van der Waals surface area contributed by atoms with Crippen molar-refractivity contribution in [3.63, 3.8) is 0 Å². The van der Waals surface area contributed by atoms with E-state index in [0.29, 0.717) is 11.5 Å². The van der Waals surface area contributed by atoms with Crippen molar-refractivity contribution in [3.05, 3.63) is 23.8 Å². The van der Waals surface area contributed by atoms with Crippen LogP contribution in [-0.4, -0.2) is 9.55 Å². The highest BCUT2D eigenvalue weighted by atomic mass is 15.1. The highest BCUT2D eigenvalue weighted by Gasteiger charge is 2.19. The maximum atomic E-state index is 9.05. The van der Waals surface area contributed by atoms with Crippen LogP contribution in [0.2, 0.25) is 0 Å². The molecular weight excluding hydrogens is 260 g/mol. The van der Waals surface area contributed by atoms with Crippen LogP contribution in [-0.2, 0) is 6.54 Å². The summed E-state index contributed by atoms with van der Waals surface area (Å²) in [5.74, 6) is 2.21. The van der Waals surface area contributed by atoms with E-state index in [1.807, 2.05) is 12.1 Å². The lowest BCUT2D eigenvalue weighted by Crippen LogP contribution is -2.16. The van der Waals surface area contributed by atoms with Crippen molar-refractivity contribution in [1.82, 2.24) is 9.55 Å². The van der Waals surface area contributed by atoms with Crippen molar-refractivity contribution in [2.45, 2.75) is 45.6 Å². The van der Waals surface area contributed by atoms with Gasteiger partial charge in [0.2, 0.25) is 5.95 Å². The van der Waals surface area contributed by atoms with E-state index in [1.165, 1.54) is 25.7 Å². The van der Waals surface area contributed by atoms with E-state index < -0.39 is 0 Å². The Kier molecular flexibility index (Phi) is 3.83. The zero-order valence-corrected chi connectivity index (χ0v) is 12.5. The molecule has 0 amide bonds. The van der Waals surface area contributed by atoms with Crippen LogP contribution in [0.3, 0.4) is 0 Å². The van der Waals surface area contributed by atoms with Crippen molar-refractivity contribution in [2.75, 3.05) is 5.73 Å². The Morgan fingerprint density at radius 1 is 1.43 bits per heavy atom. The molecule has 2 atom stereocenters. The first-order valence-corrected chi connectivity index (χ1v) is 7.83. The van der Waals surface area contributed by atoms with Gasteiger partial charge in [0.05, 0.1) is 22.7 Å². The van der Waals surface area contributed by atoms with Crippen LogP contribution in [0, 0.1) is 23.2 Å². The van der Waals surface area contributed by atoms with Crippen LogP contribution < -0.4 is 5.73 Å². The number of hydrogen-bond acceptors (Lipinski definition) is 3. The first-order chi connectivity index (χ1) is 10.2. The quantitative estimate of drug-likeness (QED) is 0.933. The molecule has 2 N–H and O–H groups in total. The van der Waals surface area contributed by atoms with E-state index in [1.54, 1.807) is 6.07 Å². The third-order valence-corrected chi connectivity index (χ3v) is 4.71. The molecule has 110 valence electrons. The molecule has 1 aromatic carbocycles. The number of anilines is 1. The fourth-order valence-corrected chi connectivity index (χ4v) is 3.58. The summed E-state index contributed by atoms with van der Waals surface area (Å²) in [6, 6.07) is 7.75. The lowest BCUT2D eigenvalue weighted by molar-refractivity contribution is 0.262. The van der Waals surface area contributed by atoms with Crippen molar-refractivity contribution in [1.29, 1.82) is 5.26 Å². The Morgan fingerprint density at radius 2 is 2.29 bits per heavy atom. The molecule has 1 saturated carbocycles. The van der Waals surface area contributed by atoms with E-state index in [-0.39, 0.29) is 0 Å². The van der Waals surface area contributed by atoms with Gasteiger partial charge in [-0.15, -0.1) is 0 Å². The Bertz CT molecular complexity index is 680. The highest BCUT2D eigenvalue weighted by Crippen LogP contribution is 2.31. The molecule has 1 aromatic heterocycles. The average Bonchev–Trinajstić information content (AvgIpc) is 2.79. The lowest BCUT2D eigenvalue weighted by atomic mass is 9.81. The van der Waals surface area contributed by atoms with Crippen LogP contribution in [0.5, 0.6) is 0 Å². The Morgan fingerprint density at radius 3 is 3.05 bits per heavy atom. The first kappa shape index (κ1) is 13.9. The monoisotopic (exact) mass is 282 g/mol. The normalized spacial score (nSPS) is 22.3. The van der Waals surface area contributed by atoms with E-state index in [4.69, 9.17) is 11.0 Å². The minimum Gasteiger partial charge on any atom is -0.369 e. The molecular formula is C17H22N4. The highest BCUT2D eigenvalue weighted by molar-refractivity contribution is 5.79. The molecule has 0 bridgehead atoms. The van der Waals surface area contributed by atoms with Crippen molar-refractivity contribution >= 4 is 17.0 Å². The number of nitrogens with zero attached hydrogens (tertiary/aromatic N) is 3. The second kappa shape index (κ2) is 5.77. The van der Waals surface area contributed by atoms with E-state index in [0.717, 1.165) is 35.8 Å². The Labute approximate surface area is 125 Å². The van der Waals surface area contributed by atoms with Gasteiger partial charge in [-0.1, -0.05) is 26.2 Å². The fraction of sp³-hybridized carbons (Fsp3) is 0.529. The van der Waals surface area contributed by atoms with Crippen LogP contribution >= 0.6 is 0 Å². The van der Waals surface area contributed by atoms with Crippen molar-refractivity contribution < 1.29 is 0 Å². The number of fused-ring (bicyclic) bond motifs is 1. The minimum absolute atomic E-state index is 0.559. The summed E-state index contributed by atoms with van der Waals surface area (Å²) < 4.78 is 2.06. The summed E-state index contributed by atoms with van der Waals surface area (Å²) in [4.78, 5) is 4.40. The lowest BCUT2D eigenvalue weighted by Gasteiger charge is -2.26. The predicted molar refractivity (Wildman–Crippen MR) is 84.6 cm³/mol. The number of hydrogen-bond donors (Lipinski definition) is 1. The van der Waals surface area contributed by atoms with Gasteiger partial charge < -0.3 is 10.3 Å². The third-order valence-electron chi connectivity index (χ3n) is 4.71. The van der Waals surface area contributed by atoms with E-state index in [2.05, 4.69) is 22.5 Å². The van der Waals surface area contributed by atoms with Gasteiger partial charge in [-0.2, -0.15) is 5.26 Å². The topological polar surface area (TPSA) is 67.6 Å². The summed E-state index contributed by atoms with van der Waals surface area (Å²) in [5.41, 5.74) is 8.58. The van der Waals surface area contributed by atoms with Crippen LogP contribution in [0.25, 0.3) is 11.0 Å². The fourth-order valence-electron chi connectivity index (χ4n) is 3.58. The van der Waals surface area contributed by atoms with E-state index in [9.17, 15) is 0 Å². The van der Waals surface area contributed by atoms with Gasteiger partial charge in [0.25, 0.3) is 0 Å². The van der Waals surface area contributed by atoms with Gasteiger partial charge in [-0.05, 0) is 42.9 Å². The van der Waals surface area contributed by atoms with Crippen LogP contribution in [0.4, 0.5) is 5.95 Å². The molecule has 1 aliphatic rings. The number of nitriles is 1. The average molecular weight is 282 g/mol. The molecule has 2 aromatic rings. The zero-order chi connectivity index (χ0) is 14.8. The van der Waals surface area contributed by atoms with Crippen LogP contribution in [0.1, 0.15) is 44.6 Å². The van der Waals surface area contributed by atoms with Crippen molar-refractivity contribution in [2.24, 2.45) is 11.8 Å². The Hall–Kier alpha value is -2.02. The summed E-state index contributed by atoms with van der Waals surface area (Å²) in [5, 5.41) is 9.05. The van der Waals surface area contributed by atoms with Gasteiger partial charge in [-0.25, -0.2) is 4.98 Å². The number of aromatic nitrogens is 2. The molecule has 4 nitrogen and oxygen atoms in total. The minimum atomic E-state index is 0.559. The molecule has 0 spiro atoms. The third kappa shape index (κ3) is 2.87. The standard InChI is InChI=1S/C17H22N4/c1-12-3-2-4-13(9-12)7-8-21-16-10-14(11-18)5-6-15(16)20-17(21)19/h5-6,10,12-13H,2-4,7-9H2,1H3,(H2,19,20). The molecule has 1 aliphatic carbocycles. The second-order valence-corrected chi connectivity index (χ2v) is 6.36. The van der Waals surface area contributed by atoms with E-state index >= 15 is 0 Å². The Balaban J connectivity index is 1.80. The molecule has 1 heterocycles. The van der Waals surface area contributed by atoms with Gasteiger partial charge in [0, 0.05) is 6.54 Å². The zero-order valence-electron chi connectivity index (χ0n) is 12.5. The summed E-state index contributed by atoms with van der Waals surface area (Å²) in [6.45, 7) is 3.25. The number of benzene rings is 1. The van der Waals surface area contributed by atoms with Crippen LogP contribution in [0.15, 0.2) is 18.2 Å². The van der Waals surface area contributed by atoms with Gasteiger partial charge >= 0.3 is 0 Å². The number of imidazole rings is 1. The largest absolute Gasteiger partial charge is 0.369 e. The number of aryl methyl sites for hydroxylation is 1. The molecule has 1 fully saturated rings. The maximum Gasteiger partial charge on any atom is 0.201 e. The number of rotatable bonds is 3. The van der Waals surface area contributed by atoms with Gasteiger partial charge in [0.15, 0.2) is 0 Å². The molecule has 3 rings (SSSR count). The smallest absolute Gasteiger partial charge is 0.201 e. The molecule has 0 radical (unpaired) electrons. The molecule has 0 aliphatic heterocycles. The molecule has 4 heteroatoms. The van der Waals surface area contributed by atoms with Gasteiger partial charge in [-0.3, -0.25) is 0 Å². The second-order valence-electron chi connectivity index (χ2n) is 6.36. The first-order valence-electron chi connectivity index (χ1n) is 7.83. The summed E-state index contributed by atoms with van der Waals surface area (Å²) >= 11 is 0. The van der Waals surface area contributed by atoms with Crippen molar-refractivity contribution in [3.8, 4) is 6.07 Å². The summed E-state index contributed by atoms with van der Waals surface area (Å²) in [6.07, 6.45) is 6.54. The molecule has 2 unspecified atom stereocenters. The summed E-state index contributed by atoms with van der Waals surface area (Å²) in [7, 11) is 0.